The molecule has 2 nitrogen and oxygen atoms in total. The fourth-order valence-corrected chi connectivity index (χ4v) is 1.12. The molecule has 0 radical (unpaired) electrons. The van der Waals surface area contributed by atoms with Gasteiger partial charge in [-0.15, -0.1) is 0 Å². The summed E-state index contributed by atoms with van der Waals surface area (Å²) >= 11 is 0. The Kier molecular flexibility index (Phi) is 1.81. The quantitative estimate of drug-likeness (QED) is 0.475. The number of likely N-dealkylation sites (tertiary alicyclic amines) is 1. The standard InChI is InChI=1S/C6H10FNO/c1-8-3-5(7)2-6(8)4-9/h4-6H,2-3H2,1H3/t5-,6-/m1/s1. The number of alkyl halides is 1. The third kappa shape index (κ3) is 1.27. The molecule has 1 aliphatic heterocycles. The molecule has 0 bridgehead atoms. The Hall–Kier alpha value is -0.440. The summed E-state index contributed by atoms with van der Waals surface area (Å²) in [7, 11) is 1.76. The number of aldehydes is 1. The maximum Gasteiger partial charge on any atom is 0.137 e. The second kappa shape index (κ2) is 2.43. The fraction of sp³-hybridized carbons (Fsp3) is 0.833. The highest BCUT2D eigenvalue weighted by Crippen LogP contribution is 2.15. The summed E-state index contributed by atoms with van der Waals surface area (Å²) in [5, 5.41) is 0. The SMILES string of the molecule is CN1C[C@H](F)C[C@@H]1C=O. The van der Waals surface area contributed by atoms with Crippen molar-refractivity contribution in [2.75, 3.05) is 13.6 Å². The van der Waals surface area contributed by atoms with Gasteiger partial charge in [-0.25, -0.2) is 4.39 Å². The van der Waals surface area contributed by atoms with E-state index in [9.17, 15) is 9.18 Å². The van der Waals surface area contributed by atoms with E-state index in [1.54, 1.807) is 11.9 Å². The molecule has 2 atom stereocenters. The van der Waals surface area contributed by atoms with Crippen molar-refractivity contribution in [1.82, 2.24) is 4.90 Å². The normalized spacial score (nSPS) is 37.1. The van der Waals surface area contributed by atoms with Crippen LogP contribution in [0.2, 0.25) is 0 Å². The Labute approximate surface area is 53.6 Å². The second-order valence-electron chi connectivity index (χ2n) is 2.48. The van der Waals surface area contributed by atoms with E-state index >= 15 is 0 Å². The molecule has 1 rings (SSSR count). The van der Waals surface area contributed by atoms with Crippen molar-refractivity contribution < 1.29 is 9.18 Å². The van der Waals surface area contributed by atoms with Gasteiger partial charge in [0.15, 0.2) is 0 Å². The molecule has 0 aromatic rings. The Morgan fingerprint density at radius 3 is 2.67 bits per heavy atom. The van der Waals surface area contributed by atoms with Crippen molar-refractivity contribution in [3.05, 3.63) is 0 Å². The summed E-state index contributed by atoms with van der Waals surface area (Å²) in [4.78, 5) is 11.9. The summed E-state index contributed by atoms with van der Waals surface area (Å²) in [6.07, 6.45) is 0.379. The minimum atomic E-state index is -0.801. The highest BCUT2D eigenvalue weighted by atomic mass is 19.1. The summed E-state index contributed by atoms with van der Waals surface area (Å²) < 4.78 is 12.4. The first-order valence-corrected chi connectivity index (χ1v) is 3.03. The van der Waals surface area contributed by atoms with Crippen LogP contribution in [0, 0.1) is 0 Å². The predicted octanol–water partition coefficient (Wildman–Crippen LogP) is 0.227. The summed E-state index contributed by atoms with van der Waals surface area (Å²) in [5.41, 5.74) is 0. The van der Waals surface area contributed by atoms with Crippen LogP contribution in [0.5, 0.6) is 0 Å². The molecule has 1 aliphatic rings. The van der Waals surface area contributed by atoms with Gasteiger partial charge < -0.3 is 4.79 Å². The van der Waals surface area contributed by atoms with E-state index in [2.05, 4.69) is 0 Å². The van der Waals surface area contributed by atoms with Crippen LogP contribution in [-0.2, 0) is 4.79 Å². The van der Waals surface area contributed by atoms with Gasteiger partial charge in [-0.05, 0) is 7.05 Å². The van der Waals surface area contributed by atoms with Gasteiger partial charge in [-0.3, -0.25) is 4.90 Å². The van der Waals surface area contributed by atoms with E-state index in [-0.39, 0.29) is 6.04 Å². The highest BCUT2D eigenvalue weighted by molar-refractivity contribution is 5.58. The number of nitrogens with zero attached hydrogens (tertiary/aromatic N) is 1. The molecule has 0 unspecified atom stereocenters. The van der Waals surface area contributed by atoms with Crippen LogP contribution in [0.4, 0.5) is 4.39 Å². The van der Waals surface area contributed by atoms with E-state index in [4.69, 9.17) is 0 Å². The highest BCUT2D eigenvalue weighted by Gasteiger charge is 2.28. The summed E-state index contributed by atoms with van der Waals surface area (Å²) in [6, 6.07) is -0.181. The maximum absolute atomic E-state index is 12.4. The molecule has 1 heterocycles. The smallest absolute Gasteiger partial charge is 0.137 e. The monoisotopic (exact) mass is 131 g/mol. The zero-order valence-corrected chi connectivity index (χ0v) is 5.38. The molecular formula is C6H10FNO. The topological polar surface area (TPSA) is 20.3 Å². The van der Waals surface area contributed by atoms with Gasteiger partial charge >= 0.3 is 0 Å². The Morgan fingerprint density at radius 1 is 1.78 bits per heavy atom. The molecule has 0 aromatic carbocycles. The lowest BCUT2D eigenvalue weighted by Crippen LogP contribution is -2.25. The number of likely N-dealkylation sites (N-methyl/N-ethyl adjacent to an activating group) is 1. The molecule has 0 N–H and O–H groups in total. The predicted molar refractivity (Wildman–Crippen MR) is 32.0 cm³/mol. The second-order valence-corrected chi connectivity index (χ2v) is 2.48. The Bertz CT molecular complexity index is 118. The lowest BCUT2D eigenvalue weighted by molar-refractivity contribution is -0.111. The summed E-state index contributed by atoms with van der Waals surface area (Å²) in [5.74, 6) is 0. The molecule has 1 saturated heterocycles. The first-order chi connectivity index (χ1) is 4.24. The minimum absolute atomic E-state index is 0.181. The van der Waals surface area contributed by atoms with Gasteiger partial charge in [0.1, 0.15) is 12.5 Å². The Morgan fingerprint density at radius 2 is 2.44 bits per heavy atom. The average Bonchev–Trinajstić information content (AvgIpc) is 2.10. The van der Waals surface area contributed by atoms with Crippen LogP contribution >= 0.6 is 0 Å². The van der Waals surface area contributed by atoms with Crippen molar-refractivity contribution in [1.29, 1.82) is 0 Å². The van der Waals surface area contributed by atoms with Crippen molar-refractivity contribution in [3.8, 4) is 0 Å². The van der Waals surface area contributed by atoms with Gasteiger partial charge in [-0.1, -0.05) is 0 Å². The first kappa shape index (κ1) is 6.68. The van der Waals surface area contributed by atoms with Gasteiger partial charge in [0.2, 0.25) is 0 Å². The molecule has 1 fully saturated rings. The van der Waals surface area contributed by atoms with Gasteiger partial charge in [0.05, 0.1) is 6.04 Å². The molecule has 3 heteroatoms. The van der Waals surface area contributed by atoms with Crippen LogP contribution in [0.25, 0.3) is 0 Å². The largest absolute Gasteiger partial charge is 0.302 e. The van der Waals surface area contributed by atoms with Crippen molar-refractivity contribution in [3.63, 3.8) is 0 Å². The van der Waals surface area contributed by atoms with Crippen LogP contribution in [-0.4, -0.2) is 37.0 Å². The van der Waals surface area contributed by atoms with Crippen molar-refractivity contribution in [2.24, 2.45) is 0 Å². The fourth-order valence-electron chi connectivity index (χ4n) is 1.12. The average molecular weight is 131 g/mol. The van der Waals surface area contributed by atoms with E-state index in [1.165, 1.54) is 0 Å². The molecule has 0 aromatic heterocycles. The van der Waals surface area contributed by atoms with Gasteiger partial charge in [0.25, 0.3) is 0 Å². The van der Waals surface area contributed by atoms with Gasteiger partial charge in [0, 0.05) is 13.0 Å². The third-order valence-electron chi connectivity index (χ3n) is 1.71. The van der Waals surface area contributed by atoms with Crippen LogP contribution < -0.4 is 0 Å². The number of halogens is 1. The van der Waals surface area contributed by atoms with E-state index in [0.717, 1.165) is 6.29 Å². The van der Waals surface area contributed by atoms with Gasteiger partial charge in [-0.2, -0.15) is 0 Å². The molecule has 0 aliphatic carbocycles. The molecule has 52 valence electrons. The van der Waals surface area contributed by atoms with Crippen molar-refractivity contribution >= 4 is 6.29 Å². The van der Waals surface area contributed by atoms with E-state index in [1.807, 2.05) is 0 Å². The maximum atomic E-state index is 12.4. The summed E-state index contributed by atoms with van der Waals surface area (Å²) in [6.45, 7) is 0.406. The van der Waals surface area contributed by atoms with E-state index < -0.39 is 6.17 Å². The third-order valence-corrected chi connectivity index (χ3v) is 1.71. The first-order valence-electron chi connectivity index (χ1n) is 3.03. The van der Waals surface area contributed by atoms with Crippen LogP contribution in [0.3, 0.4) is 0 Å². The molecule has 0 saturated carbocycles. The Balaban J connectivity index is 2.47. The number of rotatable bonds is 1. The van der Waals surface area contributed by atoms with E-state index in [0.29, 0.717) is 13.0 Å². The van der Waals surface area contributed by atoms with Crippen LogP contribution in [0.1, 0.15) is 6.42 Å². The molecule has 0 amide bonds. The number of carbonyl (C=O) groups excluding carboxylic acids is 1. The number of carbonyl (C=O) groups is 1. The zero-order chi connectivity index (χ0) is 6.85. The lowest BCUT2D eigenvalue weighted by atomic mass is 10.2. The van der Waals surface area contributed by atoms with Crippen molar-refractivity contribution in [2.45, 2.75) is 18.6 Å². The molecule has 9 heavy (non-hydrogen) atoms. The minimum Gasteiger partial charge on any atom is -0.302 e. The lowest BCUT2D eigenvalue weighted by Gasteiger charge is -2.10. The van der Waals surface area contributed by atoms with Crippen LogP contribution in [0.15, 0.2) is 0 Å². The number of hydrogen-bond donors (Lipinski definition) is 0. The number of hydrogen-bond acceptors (Lipinski definition) is 2. The zero-order valence-electron chi connectivity index (χ0n) is 5.38. The molecule has 0 spiro atoms. The molecular weight excluding hydrogens is 121 g/mol.